The molecular weight excluding hydrogens is 397 g/mol. The second kappa shape index (κ2) is 7.84. The van der Waals surface area contributed by atoms with E-state index in [1.165, 1.54) is 6.33 Å². The minimum absolute atomic E-state index is 0.240. The summed E-state index contributed by atoms with van der Waals surface area (Å²) in [5, 5.41) is 16.2. The fourth-order valence-corrected chi connectivity index (χ4v) is 3.27. The van der Waals surface area contributed by atoms with Crippen LogP contribution in [0.2, 0.25) is 15.1 Å². The average molecular weight is 413 g/mol. The first-order valence-electron chi connectivity index (χ1n) is 7.89. The van der Waals surface area contributed by atoms with Crippen molar-refractivity contribution in [3.8, 4) is 11.5 Å². The molecule has 0 radical (unpaired) electrons. The Morgan fingerprint density at radius 3 is 2.62 bits per heavy atom. The Balaban J connectivity index is 1.87. The molecule has 0 aliphatic carbocycles. The van der Waals surface area contributed by atoms with Gasteiger partial charge in [0.15, 0.2) is 0 Å². The van der Waals surface area contributed by atoms with E-state index in [0.29, 0.717) is 38.6 Å². The molecule has 0 fully saturated rings. The van der Waals surface area contributed by atoms with Gasteiger partial charge in [0, 0.05) is 5.56 Å². The number of ether oxygens (including phenoxy) is 1. The van der Waals surface area contributed by atoms with Crippen LogP contribution in [-0.2, 0) is 12.1 Å². The zero-order valence-electron chi connectivity index (χ0n) is 13.9. The number of hydrogen-bond acceptors (Lipinski definition) is 4. The second-order valence-electron chi connectivity index (χ2n) is 5.77. The SMILES string of the molecule is CCC(O)(Cn1cncn1)c1ccc(Oc2cccc(Cl)c2Cl)cc1Cl. The largest absolute Gasteiger partial charge is 0.456 e. The summed E-state index contributed by atoms with van der Waals surface area (Å²) in [6.45, 7) is 2.12. The molecule has 0 saturated carbocycles. The predicted molar refractivity (Wildman–Crippen MR) is 102 cm³/mol. The van der Waals surface area contributed by atoms with Crippen LogP contribution in [-0.4, -0.2) is 19.9 Å². The third-order valence-electron chi connectivity index (χ3n) is 4.06. The smallest absolute Gasteiger partial charge is 0.147 e. The third kappa shape index (κ3) is 3.96. The number of halogens is 3. The van der Waals surface area contributed by atoms with E-state index in [9.17, 15) is 5.11 Å². The first-order valence-corrected chi connectivity index (χ1v) is 9.03. The summed E-state index contributed by atoms with van der Waals surface area (Å²) in [7, 11) is 0. The van der Waals surface area contributed by atoms with Crippen LogP contribution >= 0.6 is 34.8 Å². The molecule has 3 aromatic rings. The van der Waals surface area contributed by atoms with Crippen LogP contribution < -0.4 is 4.74 Å². The van der Waals surface area contributed by atoms with Crippen molar-refractivity contribution in [1.82, 2.24) is 14.8 Å². The van der Waals surface area contributed by atoms with Gasteiger partial charge < -0.3 is 9.84 Å². The van der Waals surface area contributed by atoms with Crippen LogP contribution in [0.1, 0.15) is 18.9 Å². The van der Waals surface area contributed by atoms with Gasteiger partial charge in [-0.25, -0.2) is 9.67 Å². The Morgan fingerprint density at radius 2 is 1.96 bits per heavy atom. The van der Waals surface area contributed by atoms with E-state index in [1.807, 2.05) is 6.92 Å². The van der Waals surface area contributed by atoms with Gasteiger partial charge in [-0.3, -0.25) is 0 Å². The maximum atomic E-state index is 11.1. The van der Waals surface area contributed by atoms with Crippen LogP contribution in [0.3, 0.4) is 0 Å². The van der Waals surface area contributed by atoms with Crippen molar-refractivity contribution in [2.75, 3.05) is 0 Å². The number of hydrogen-bond donors (Lipinski definition) is 1. The summed E-state index contributed by atoms with van der Waals surface area (Å²) in [5.41, 5.74) is -0.599. The van der Waals surface area contributed by atoms with Gasteiger partial charge in [0.2, 0.25) is 0 Å². The van der Waals surface area contributed by atoms with Gasteiger partial charge in [-0.05, 0) is 30.7 Å². The zero-order valence-corrected chi connectivity index (χ0v) is 16.1. The Morgan fingerprint density at radius 1 is 1.15 bits per heavy atom. The van der Waals surface area contributed by atoms with Crippen molar-refractivity contribution in [3.63, 3.8) is 0 Å². The topological polar surface area (TPSA) is 60.2 Å². The molecule has 1 aromatic heterocycles. The molecule has 0 spiro atoms. The Hall–Kier alpha value is -1.79. The molecule has 0 aliphatic rings. The van der Waals surface area contributed by atoms with E-state index >= 15 is 0 Å². The maximum Gasteiger partial charge on any atom is 0.147 e. The van der Waals surface area contributed by atoms with Gasteiger partial charge in [-0.1, -0.05) is 53.9 Å². The lowest BCUT2D eigenvalue weighted by Crippen LogP contribution is -2.31. The summed E-state index contributed by atoms with van der Waals surface area (Å²) >= 11 is 18.6. The molecule has 0 amide bonds. The van der Waals surface area contributed by atoms with Crippen molar-refractivity contribution in [3.05, 3.63) is 69.7 Å². The van der Waals surface area contributed by atoms with E-state index in [-0.39, 0.29) is 6.54 Å². The molecule has 0 saturated heterocycles. The predicted octanol–water partition coefficient (Wildman–Crippen LogP) is 5.33. The number of nitrogens with zero attached hydrogens (tertiary/aromatic N) is 3. The molecule has 3 rings (SSSR count). The number of aliphatic hydroxyl groups is 1. The van der Waals surface area contributed by atoms with Gasteiger partial charge in [-0.2, -0.15) is 5.10 Å². The van der Waals surface area contributed by atoms with E-state index in [1.54, 1.807) is 47.4 Å². The maximum absolute atomic E-state index is 11.1. The number of aromatic nitrogens is 3. The van der Waals surface area contributed by atoms with E-state index < -0.39 is 5.60 Å². The van der Waals surface area contributed by atoms with Crippen LogP contribution in [0, 0.1) is 0 Å². The summed E-state index contributed by atoms with van der Waals surface area (Å²) in [6, 6.07) is 10.2. The summed E-state index contributed by atoms with van der Waals surface area (Å²) in [4.78, 5) is 3.90. The standard InChI is InChI=1S/C18H16Cl3N3O2/c1-2-18(25,9-24-11-22-10-23-24)13-7-6-12(8-15(13)20)26-16-5-3-4-14(19)17(16)21/h3-8,10-11,25H,2,9H2,1H3. The Labute approximate surface area is 166 Å². The van der Waals surface area contributed by atoms with Crippen molar-refractivity contribution in [2.45, 2.75) is 25.5 Å². The molecule has 1 N–H and O–H groups in total. The molecule has 136 valence electrons. The average Bonchev–Trinajstić information content (AvgIpc) is 3.11. The summed E-state index contributed by atoms with van der Waals surface area (Å²) < 4.78 is 7.33. The van der Waals surface area contributed by atoms with Gasteiger partial charge >= 0.3 is 0 Å². The van der Waals surface area contributed by atoms with Crippen molar-refractivity contribution in [1.29, 1.82) is 0 Å². The molecule has 1 unspecified atom stereocenters. The number of rotatable bonds is 6. The molecule has 5 nitrogen and oxygen atoms in total. The molecule has 0 bridgehead atoms. The van der Waals surface area contributed by atoms with Crippen LogP contribution in [0.25, 0.3) is 0 Å². The highest BCUT2D eigenvalue weighted by Gasteiger charge is 2.30. The van der Waals surface area contributed by atoms with Crippen LogP contribution in [0.5, 0.6) is 11.5 Å². The van der Waals surface area contributed by atoms with Crippen molar-refractivity contribution < 1.29 is 9.84 Å². The molecular formula is C18H16Cl3N3O2. The van der Waals surface area contributed by atoms with E-state index in [2.05, 4.69) is 10.1 Å². The fourth-order valence-electron chi connectivity index (χ4n) is 2.60. The second-order valence-corrected chi connectivity index (χ2v) is 6.97. The van der Waals surface area contributed by atoms with Gasteiger partial charge in [0.25, 0.3) is 0 Å². The fraction of sp³-hybridized carbons (Fsp3) is 0.222. The Bertz CT molecular complexity index is 903. The van der Waals surface area contributed by atoms with Gasteiger partial charge in [0.1, 0.15) is 34.8 Å². The molecule has 1 heterocycles. The Kier molecular flexibility index (Phi) is 5.73. The lowest BCUT2D eigenvalue weighted by Gasteiger charge is -2.28. The van der Waals surface area contributed by atoms with Gasteiger partial charge in [-0.15, -0.1) is 0 Å². The molecule has 0 aliphatic heterocycles. The highest BCUT2D eigenvalue weighted by molar-refractivity contribution is 6.42. The van der Waals surface area contributed by atoms with E-state index in [4.69, 9.17) is 39.5 Å². The highest BCUT2D eigenvalue weighted by atomic mass is 35.5. The quantitative estimate of drug-likeness (QED) is 0.594. The number of benzene rings is 2. The van der Waals surface area contributed by atoms with E-state index in [0.717, 1.165) is 0 Å². The van der Waals surface area contributed by atoms with Crippen LogP contribution in [0.4, 0.5) is 0 Å². The zero-order chi connectivity index (χ0) is 18.7. The lowest BCUT2D eigenvalue weighted by molar-refractivity contribution is 0.0110. The normalized spacial score (nSPS) is 13.4. The lowest BCUT2D eigenvalue weighted by atomic mass is 9.91. The van der Waals surface area contributed by atoms with Crippen LogP contribution in [0.15, 0.2) is 49.1 Å². The molecule has 1 atom stereocenters. The third-order valence-corrected chi connectivity index (χ3v) is 5.18. The van der Waals surface area contributed by atoms with Crippen molar-refractivity contribution >= 4 is 34.8 Å². The van der Waals surface area contributed by atoms with Gasteiger partial charge in [0.05, 0.1) is 16.6 Å². The molecule has 8 heteroatoms. The summed E-state index contributed by atoms with van der Waals surface area (Å²) in [6.07, 6.45) is 3.42. The molecule has 26 heavy (non-hydrogen) atoms. The first kappa shape index (κ1) is 19.0. The molecule has 2 aromatic carbocycles. The summed E-state index contributed by atoms with van der Waals surface area (Å²) in [5.74, 6) is 0.915. The monoisotopic (exact) mass is 411 g/mol. The highest BCUT2D eigenvalue weighted by Crippen LogP contribution is 2.38. The minimum atomic E-state index is -1.18. The minimum Gasteiger partial charge on any atom is -0.456 e. The first-order chi connectivity index (χ1) is 12.4. The van der Waals surface area contributed by atoms with Crippen molar-refractivity contribution in [2.24, 2.45) is 0 Å².